The number of hydrogen-bond acceptors (Lipinski definition) is 4. The van der Waals surface area contributed by atoms with Crippen molar-refractivity contribution in [1.29, 1.82) is 0 Å². The molecule has 7 nitrogen and oxygen atoms in total. The average Bonchev–Trinajstić information content (AvgIpc) is 2.81. The molecular weight excluding hydrogens is 246 g/mol. The van der Waals surface area contributed by atoms with Crippen LogP contribution in [0, 0.1) is 5.41 Å². The molecule has 3 heterocycles. The van der Waals surface area contributed by atoms with E-state index < -0.39 is 5.91 Å². The fourth-order valence-electron chi connectivity index (χ4n) is 3.09. The molecule has 0 radical (unpaired) electrons. The molecule has 3 rings (SSSR count). The highest BCUT2D eigenvalue weighted by Crippen LogP contribution is 2.32. The highest BCUT2D eigenvalue weighted by Gasteiger charge is 2.42. The molecule has 1 spiro atoms. The van der Waals surface area contributed by atoms with E-state index in [4.69, 9.17) is 5.73 Å². The Morgan fingerprint density at radius 1 is 1.53 bits per heavy atom. The van der Waals surface area contributed by atoms with Gasteiger partial charge in [0.25, 0.3) is 5.91 Å². The number of carbonyl (C=O) groups is 2. The number of nitrogens with zero attached hydrogens (tertiary/aromatic N) is 3. The van der Waals surface area contributed by atoms with Crippen molar-refractivity contribution in [3.05, 3.63) is 17.5 Å². The Labute approximate surface area is 110 Å². The summed E-state index contributed by atoms with van der Waals surface area (Å²) in [6, 6.07) is 1.74. The summed E-state index contributed by atoms with van der Waals surface area (Å²) in [7, 11) is 2.01. The summed E-state index contributed by atoms with van der Waals surface area (Å²) in [6.07, 6.45) is 0.503. The van der Waals surface area contributed by atoms with E-state index in [-0.39, 0.29) is 17.0 Å². The molecule has 1 unspecified atom stereocenters. The molecule has 2 amide bonds. The molecule has 2 aliphatic heterocycles. The van der Waals surface area contributed by atoms with Crippen molar-refractivity contribution in [1.82, 2.24) is 20.0 Å². The lowest BCUT2D eigenvalue weighted by molar-refractivity contribution is -0.119. The number of carbonyl (C=O) groups excluding carboxylic acids is 2. The van der Waals surface area contributed by atoms with Gasteiger partial charge < -0.3 is 11.1 Å². The zero-order valence-electron chi connectivity index (χ0n) is 10.8. The molecule has 1 aromatic rings. The van der Waals surface area contributed by atoms with Gasteiger partial charge >= 0.3 is 0 Å². The highest BCUT2D eigenvalue weighted by atomic mass is 16.2. The number of primary amides is 1. The molecule has 1 aromatic heterocycles. The van der Waals surface area contributed by atoms with E-state index in [9.17, 15) is 9.59 Å². The van der Waals surface area contributed by atoms with E-state index in [0.29, 0.717) is 26.1 Å². The first-order valence-corrected chi connectivity index (χ1v) is 6.29. The predicted octanol–water partition coefficient (Wildman–Crippen LogP) is -1.07. The molecule has 1 atom stereocenters. The van der Waals surface area contributed by atoms with Crippen molar-refractivity contribution in [3.63, 3.8) is 0 Å². The van der Waals surface area contributed by atoms with Crippen LogP contribution in [0.1, 0.15) is 22.6 Å². The van der Waals surface area contributed by atoms with Crippen LogP contribution in [0.3, 0.4) is 0 Å². The van der Waals surface area contributed by atoms with Crippen LogP contribution in [0.2, 0.25) is 0 Å². The number of nitrogens with one attached hydrogen (secondary N) is 1. The minimum absolute atomic E-state index is 0.0825. The van der Waals surface area contributed by atoms with Crippen LogP contribution in [-0.4, -0.2) is 46.6 Å². The lowest BCUT2D eigenvalue weighted by Gasteiger charge is -2.28. The minimum atomic E-state index is -0.516. The van der Waals surface area contributed by atoms with Crippen LogP contribution in [0.4, 0.5) is 0 Å². The predicted molar refractivity (Wildman–Crippen MR) is 67.1 cm³/mol. The average molecular weight is 263 g/mol. The normalized spacial score (nSPS) is 27.1. The number of fused-ring (bicyclic) bond motifs is 1. The van der Waals surface area contributed by atoms with Gasteiger partial charge in [-0.1, -0.05) is 0 Å². The van der Waals surface area contributed by atoms with Crippen LogP contribution in [0.25, 0.3) is 0 Å². The van der Waals surface area contributed by atoms with E-state index in [1.54, 1.807) is 6.07 Å². The Kier molecular flexibility index (Phi) is 2.60. The standard InChI is InChI=1S/C12H17N5O2/c1-16-4-8-2-9(11(13)19)15-17(8)7-12(6-16)3-10(18)14-5-12/h2H,3-7H2,1H3,(H2,13,19)(H,14,18). The zero-order valence-corrected chi connectivity index (χ0v) is 10.8. The smallest absolute Gasteiger partial charge is 0.269 e. The van der Waals surface area contributed by atoms with Gasteiger partial charge in [-0.25, -0.2) is 0 Å². The van der Waals surface area contributed by atoms with Gasteiger partial charge in [0.15, 0.2) is 0 Å². The molecule has 1 fully saturated rings. The molecule has 3 N–H and O–H groups in total. The van der Waals surface area contributed by atoms with Gasteiger partial charge in [0.2, 0.25) is 5.91 Å². The summed E-state index contributed by atoms with van der Waals surface area (Å²) in [4.78, 5) is 24.9. The largest absolute Gasteiger partial charge is 0.364 e. The summed E-state index contributed by atoms with van der Waals surface area (Å²) in [6.45, 7) is 2.83. The van der Waals surface area contributed by atoms with Crippen LogP contribution in [0.15, 0.2) is 6.07 Å². The number of nitrogens with two attached hydrogens (primary N) is 1. The second kappa shape index (κ2) is 4.06. The van der Waals surface area contributed by atoms with Gasteiger partial charge in [-0.15, -0.1) is 0 Å². The van der Waals surface area contributed by atoms with Crippen molar-refractivity contribution in [3.8, 4) is 0 Å². The van der Waals surface area contributed by atoms with E-state index >= 15 is 0 Å². The molecule has 0 aromatic carbocycles. The van der Waals surface area contributed by atoms with Gasteiger partial charge in [0.1, 0.15) is 5.69 Å². The fraction of sp³-hybridized carbons (Fsp3) is 0.583. The van der Waals surface area contributed by atoms with Crippen molar-refractivity contribution in [2.45, 2.75) is 19.5 Å². The monoisotopic (exact) mass is 263 g/mol. The number of aromatic nitrogens is 2. The highest BCUT2D eigenvalue weighted by molar-refractivity contribution is 5.90. The van der Waals surface area contributed by atoms with E-state index in [1.807, 2.05) is 11.7 Å². The molecule has 2 aliphatic rings. The van der Waals surface area contributed by atoms with Gasteiger partial charge in [0, 0.05) is 31.5 Å². The van der Waals surface area contributed by atoms with Crippen LogP contribution in [0.5, 0.6) is 0 Å². The van der Waals surface area contributed by atoms with E-state index in [2.05, 4.69) is 15.3 Å². The first-order valence-electron chi connectivity index (χ1n) is 6.29. The van der Waals surface area contributed by atoms with Gasteiger partial charge in [-0.05, 0) is 13.1 Å². The van der Waals surface area contributed by atoms with Gasteiger partial charge in [0.05, 0.1) is 12.2 Å². The Morgan fingerprint density at radius 3 is 2.95 bits per heavy atom. The number of rotatable bonds is 1. The topological polar surface area (TPSA) is 93.2 Å². The molecule has 19 heavy (non-hydrogen) atoms. The first kappa shape index (κ1) is 12.2. The Bertz CT molecular complexity index is 552. The molecule has 7 heteroatoms. The maximum Gasteiger partial charge on any atom is 0.269 e. The van der Waals surface area contributed by atoms with Gasteiger partial charge in [-0.3, -0.25) is 19.2 Å². The van der Waals surface area contributed by atoms with Crippen molar-refractivity contribution in [2.24, 2.45) is 11.1 Å². The summed E-state index contributed by atoms with van der Waals surface area (Å²) in [5, 5.41) is 7.16. The van der Waals surface area contributed by atoms with Crippen LogP contribution < -0.4 is 11.1 Å². The Morgan fingerprint density at radius 2 is 2.32 bits per heavy atom. The maximum atomic E-state index is 11.5. The lowest BCUT2D eigenvalue weighted by Crippen LogP contribution is -2.38. The van der Waals surface area contributed by atoms with Crippen molar-refractivity contribution < 1.29 is 9.59 Å². The number of amides is 2. The zero-order chi connectivity index (χ0) is 13.6. The third kappa shape index (κ3) is 2.10. The van der Waals surface area contributed by atoms with Crippen molar-refractivity contribution >= 4 is 11.8 Å². The SMILES string of the molecule is CN1Cc2cc(C(N)=O)nn2CC2(CNC(=O)C2)C1. The third-order valence-electron chi connectivity index (χ3n) is 3.83. The second-order valence-electron chi connectivity index (χ2n) is 5.67. The third-order valence-corrected chi connectivity index (χ3v) is 3.83. The quantitative estimate of drug-likeness (QED) is 0.675. The minimum Gasteiger partial charge on any atom is -0.364 e. The van der Waals surface area contributed by atoms with Crippen LogP contribution in [-0.2, 0) is 17.9 Å². The summed E-state index contributed by atoms with van der Waals surface area (Å²) >= 11 is 0. The molecular formula is C12H17N5O2. The molecule has 0 aliphatic carbocycles. The molecule has 0 saturated carbocycles. The lowest BCUT2D eigenvalue weighted by atomic mass is 9.86. The summed E-state index contributed by atoms with van der Waals surface area (Å²) in [5.41, 5.74) is 6.39. The van der Waals surface area contributed by atoms with Crippen LogP contribution >= 0.6 is 0 Å². The van der Waals surface area contributed by atoms with E-state index in [1.165, 1.54) is 0 Å². The fourth-order valence-corrected chi connectivity index (χ4v) is 3.09. The number of hydrogen-bond donors (Lipinski definition) is 2. The second-order valence-corrected chi connectivity index (χ2v) is 5.67. The Hall–Kier alpha value is -1.89. The molecule has 102 valence electrons. The first-order chi connectivity index (χ1) is 8.97. The van der Waals surface area contributed by atoms with E-state index in [0.717, 1.165) is 12.2 Å². The molecule has 0 bridgehead atoms. The van der Waals surface area contributed by atoms with Gasteiger partial charge in [-0.2, -0.15) is 5.10 Å². The summed E-state index contributed by atoms with van der Waals surface area (Å²) < 4.78 is 1.82. The summed E-state index contributed by atoms with van der Waals surface area (Å²) in [5.74, 6) is -0.433. The maximum absolute atomic E-state index is 11.5. The van der Waals surface area contributed by atoms with Crippen molar-refractivity contribution in [2.75, 3.05) is 20.1 Å². The Balaban J connectivity index is 1.97. The molecule has 1 saturated heterocycles.